The van der Waals surface area contributed by atoms with Gasteiger partial charge < -0.3 is 5.32 Å². The van der Waals surface area contributed by atoms with Crippen molar-refractivity contribution in [1.82, 2.24) is 5.32 Å². The molecule has 80 valence electrons. The lowest BCUT2D eigenvalue weighted by molar-refractivity contribution is 0.0955. The molecule has 1 N–H and O–H groups in total. The van der Waals surface area contributed by atoms with Crippen molar-refractivity contribution in [2.75, 3.05) is 12.8 Å². The third-order valence-corrected chi connectivity index (χ3v) is 3.24. The number of hydrogen-bond donors (Lipinski definition) is 1. The van der Waals surface area contributed by atoms with Gasteiger partial charge >= 0.3 is 0 Å². The number of rotatable bonds is 4. The van der Waals surface area contributed by atoms with Gasteiger partial charge in [-0.1, -0.05) is 30.4 Å². The summed E-state index contributed by atoms with van der Waals surface area (Å²) in [5, 5.41) is 2.82. The van der Waals surface area contributed by atoms with Crippen molar-refractivity contribution in [3.8, 4) is 0 Å². The fraction of sp³-hybridized carbons (Fsp3) is 0.273. The van der Waals surface area contributed by atoms with Crippen LogP contribution in [-0.4, -0.2) is 22.9 Å². The van der Waals surface area contributed by atoms with E-state index in [4.69, 9.17) is 12.2 Å². The summed E-state index contributed by atoms with van der Waals surface area (Å²) < 4.78 is 0.920. The van der Waals surface area contributed by atoms with Crippen molar-refractivity contribution >= 4 is 34.1 Å². The highest BCUT2D eigenvalue weighted by molar-refractivity contribution is 8.22. The fourth-order valence-corrected chi connectivity index (χ4v) is 1.48. The van der Waals surface area contributed by atoms with Crippen molar-refractivity contribution in [1.29, 1.82) is 0 Å². The van der Waals surface area contributed by atoms with Crippen LogP contribution in [-0.2, 0) is 0 Å². The maximum Gasteiger partial charge on any atom is 0.251 e. The van der Waals surface area contributed by atoms with Gasteiger partial charge in [-0.05, 0) is 18.4 Å². The van der Waals surface area contributed by atoms with E-state index in [9.17, 15) is 4.79 Å². The Morgan fingerprint density at radius 3 is 2.67 bits per heavy atom. The monoisotopic (exact) mass is 239 g/mol. The molecule has 0 aliphatic heterocycles. The molecule has 0 spiro atoms. The highest BCUT2D eigenvalue weighted by Crippen LogP contribution is 2.02. The predicted molar refractivity (Wildman–Crippen MR) is 69.5 cm³/mol. The molecule has 0 aliphatic carbocycles. The lowest BCUT2D eigenvalue weighted by atomic mass is 10.2. The van der Waals surface area contributed by atoms with Crippen molar-refractivity contribution in [2.24, 2.45) is 0 Å². The summed E-state index contributed by atoms with van der Waals surface area (Å²) in [6.45, 7) is 0.605. The van der Waals surface area contributed by atoms with Crippen LogP contribution in [0.4, 0.5) is 0 Å². The molecule has 0 aromatic heterocycles. The smallest absolute Gasteiger partial charge is 0.251 e. The Morgan fingerprint density at radius 2 is 2.07 bits per heavy atom. The van der Waals surface area contributed by atoms with Crippen LogP contribution in [0.1, 0.15) is 16.8 Å². The second kappa shape index (κ2) is 6.58. The number of carbonyl (C=O) groups is 1. The predicted octanol–water partition coefficient (Wildman–Crippen LogP) is 2.50. The summed E-state index contributed by atoms with van der Waals surface area (Å²) in [6, 6.07) is 9.17. The first kappa shape index (κ1) is 12.2. The zero-order chi connectivity index (χ0) is 11.1. The van der Waals surface area contributed by atoms with E-state index in [0.29, 0.717) is 12.1 Å². The molecule has 0 unspecified atom stereocenters. The molecule has 0 saturated heterocycles. The number of carbonyl (C=O) groups excluding carboxylic acids is 1. The number of nitrogens with one attached hydrogen (secondary N) is 1. The lowest BCUT2D eigenvalue weighted by Crippen LogP contribution is -2.25. The minimum absolute atomic E-state index is 0.0421. The molecule has 0 aliphatic rings. The second-order valence-electron chi connectivity index (χ2n) is 2.95. The standard InChI is InChI=1S/C11H13NOS2/c1-15-10(14)7-8-12-11(13)9-5-3-2-4-6-9/h2-6H,7-8H2,1H3,(H,12,13). The first-order valence-corrected chi connectivity index (χ1v) is 6.27. The lowest BCUT2D eigenvalue weighted by Gasteiger charge is -2.04. The molecule has 4 heteroatoms. The van der Waals surface area contributed by atoms with Crippen LogP contribution in [0.5, 0.6) is 0 Å². The van der Waals surface area contributed by atoms with Gasteiger partial charge in [0.15, 0.2) is 0 Å². The Morgan fingerprint density at radius 1 is 1.40 bits per heavy atom. The number of benzene rings is 1. The van der Waals surface area contributed by atoms with Crippen molar-refractivity contribution in [2.45, 2.75) is 6.42 Å². The number of thioether (sulfide) groups is 1. The second-order valence-corrected chi connectivity index (χ2v) is 4.60. The van der Waals surface area contributed by atoms with Gasteiger partial charge in [-0.3, -0.25) is 4.79 Å². The Labute approximate surface area is 99.4 Å². The quantitative estimate of drug-likeness (QED) is 0.819. The number of amides is 1. The minimum Gasteiger partial charge on any atom is -0.352 e. The van der Waals surface area contributed by atoms with Crippen LogP contribution in [0, 0.1) is 0 Å². The molecule has 0 bridgehead atoms. The van der Waals surface area contributed by atoms with Gasteiger partial charge in [0, 0.05) is 22.7 Å². The third kappa shape index (κ3) is 4.44. The first-order valence-electron chi connectivity index (χ1n) is 4.64. The van der Waals surface area contributed by atoms with Crippen LogP contribution in [0.2, 0.25) is 0 Å². The van der Waals surface area contributed by atoms with E-state index in [1.54, 1.807) is 23.9 Å². The molecule has 1 aromatic rings. The van der Waals surface area contributed by atoms with Gasteiger partial charge in [-0.15, -0.1) is 11.8 Å². The molecule has 15 heavy (non-hydrogen) atoms. The number of thiocarbonyl (C=S) groups is 1. The van der Waals surface area contributed by atoms with E-state index < -0.39 is 0 Å². The van der Waals surface area contributed by atoms with Crippen LogP contribution < -0.4 is 5.32 Å². The van der Waals surface area contributed by atoms with E-state index in [1.165, 1.54) is 0 Å². The van der Waals surface area contributed by atoms with Crippen LogP contribution in [0.25, 0.3) is 0 Å². The Hall–Kier alpha value is -0.870. The van der Waals surface area contributed by atoms with Gasteiger partial charge in [0.25, 0.3) is 5.91 Å². The summed E-state index contributed by atoms with van der Waals surface area (Å²) in [5.74, 6) is -0.0421. The maximum atomic E-state index is 11.6. The average molecular weight is 239 g/mol. The van der Waals surface area contributed by atoms with Crippen molar-refractivity contribution < 1.29 is 4.79 Å². The SMILES string of the molecule is CSC(=S)CCNC(=O)c1ccccc1. The molecule has 0 heterocycles. The highest BCUT2D eigenvalue weighted by Gasteiger charge is 2.03. The summed E-state index contributed by atoms with van der Waals surface area (Å²) in [5.41, 5.74) is 0.688. The molecule has 0 atom stereocenters. The zero-order valence-electron chi connectivity index (χ0n) is 8.53. The summed E-state index contributed by atoms with van der Waals surface area (Å²) in [7, 11) is 0. The topological polar surface area (TPSA) is 29.1 Å². The van der Waals surface area contributed by atoms with E-state index in [-0.39, 0.29) is 5.91 Å². The number of hydrogen-bond acceptors (Lipinski definition) is 3. The molecule has 1 amide bonds. The normalized spacial score (nSPS) is 9.67. The molecule has 0 saturated carbocycles. The van der Waals surface area contributed by atoms with E-state index >= 15 is 0 Å². The third-order valence-electron chi connectivity index (χ3n) is 1.88. The van der Waals surface area contributed by atoms with Crippen LogP contribution >= 0.6 is 24.0 Å². The van der Waals surface area contributed by atoms with Gasteiger partial charge in [0.1, 0.15) is 0 Å². The molecular formula is C11H13NOS2. The minimum atomic E-state index is -0.0421. The fourth-order valence-electron chi connectivity index (χ4n) is 1.07. The van der Waals surface area contributed by atoms with Gasteiger partial charge in [0.05, 0.1) is 0 Å². The molecule has 1 aromatic carbocycles. The Kier molecular flexibility index (Phi) is 5.36. The Bertz CT molecular complexity index is 338. The highest BCUT2D eigenvalue weighted by atomic mass is 32.2. The summed E-state index contributed by atoms with van der Waals surface area (Å²) in [6.07, 6.45) is 2.69. The van der Waals surface area contributed by atoms with Gasteiger partial charge in [0.2, 0.25) is 0 Å². The molecule has 1 rings (SSSR count). The average Bonchev–Trinajstić information content (AvgIpc) is 2.29. The van der Waals surface area contributed by atoms with E-state index in [0.717, 1.165) is 10.6 Å². The van der Waals surface area contributed by atoms with Gasteiger partial charge in [-0.2, -0.15) is 0 Å². The molecule has 2 nitrogen and oxygen atoms in total. The maximum absolute atomic E-state index is 11.6. The Balaban J connectivity index is 2.34. The zero-order valence-corrected chi connectivity index (χ0v) is 10.2. The molecule has 0 radical (unpaired) electrons. The summed E-state index contributed by atoms with van der Waals surface area (Å²) in [4.78, 5) is 11.6. The largest absolute Gasteiger partial charge is 0.352 e. The first-order chi connectivity index (χ1) is 7.24. The van der Waals surface area contributed by atoms with Crippen molar-refractivity contribution in [3.05, 3.63) is 35.9 Å². The van der Waals surface area contributed by atoms with Crippen molar-refractivity contribution in [3.63, 3.8) is 0 Å². The van der Waals surface area contributed by atoms with E-state index in [2.05, 4.69) is 5.32 Å². The molecular weight excluding hydrogens is 226 g/mol. The van der Waals surface area contributed by atoms with E-state index in [1.807, 2.05) is 24.5 Å². The van der Waals surface area contributed by atoms with Gasteiger partial charge in [-0.25, -0.2) is 0 Å². The van der Waals surface area contributed by atoms with Crippen LogP contribution in [0.15, 0.2) is 30.3 Å². The summed E-state index contributed by atoms with van der Waals surface area (Å²) >= 11 is 6.59. The van der Waals surface area contributed by atoms with Crippen LogP contribution in [0.3, 0.4) is 0 Å². The molecule has 0 fully saturated rings.